The summed E-state index contributed by atoms with van der Waals surface area (Å²) in [6.07, 6.45) is 3.66. The highest BCUT2D eigenvalue weighted by atomic mass is 35.5. The molecule has 1 unspecified atom stereocenters. The zero-order valence-electron chi connectivity index (χ0n) is 10.3. The third-order valence-corrected chi connectivity index (χ3v) is 4.34. The highest BCUT2D eigenvalue weighted by Crippen LogP contribution is 2.25. The summed E-state index contributed by atoms with van der Waals surface area (Å²) in [5.41, 5.74) is 1.12. The van der Waals surface area contributed by atoms with Gasteiger partial charge in [-0.1, -0.05) is 23.2 Å². The second-order valence-electron chi connectivity index (χ2n) is 4.96. The van der Waals surface area contributed by atoms with E-state index in [9.17, 15) is 0 Å². The molecule has 0 aliphatic carbocycles. The molecule has 0 spiro atoms. The van der Waals surface area contributed by atoms with Gasteiger partial charge in [-0.05, 0) is 55.5 Å². The Kier molecular flexibility index (Phi) is 5.62. The van der Waals surface area contributed by atoms with Crippen molar-refractivity contribution in [3.05, 3.63) is 33.8 Å². The maximum absolute atomic E-state index is 6.21. The number of hydrogen-bond acceptors (Lipinski definition) is 1. The Hall–Kier alpha value is 0.0500. The van der Waals surface area contributed by atoms with Crippen LogP contribution in [0.5, 0.6) is 0 Å². The van der Waals surface area contributed by atoms with Gasteiger partial charge in [-0.3, -0.25) is 4.90 Å². The SMILES string of the molecule is ClCCC1CCCN(Cc2cc(Cl)ccc2Cl)C1. The zero-order chi connectivity index (χ0) is 13.0. The molecule has 1 aromatic carbocycles. The van der Waals surface area contributed by atoms with E-state index >= 15 is 0 Å². The molecule has 0 bridgehead atoms. The van der Waals surface area contributed by atoms with Crippen molar-refractivity contribution in [3.63, 3.8) is 0 Å². The average molecular weight is 307 g/mol. The first kappa shape index (κ1) is 14.5. The van der Waals surface area contributed by atoms with Crippen molar-refractivity contribution in [3.8, 4) is 0 Å². The highest BCUT2D eigenvalue weighted by molar-refractivity contribution is 6.33. The van der Waals surface area contributed by atoms with Gasteiger partial charge < -0.3 is 0 Å². The fourth-order valence-corrected chi connectivity index (χ4v) is 3.27. The molecule has 1 nitrogen and oxygen atoms in total. The Morgan fingerprint density at radius 3 is 2.89 bits per heavy atom. The van der Waals surface area contributed by atoms with Crippen molar-refractivity contribution in [2.45, 2.75) is 25.8 Å². The minimum absolute atomic E-state index is 0.731. The Bertz CT molecular complexity index is 393. The fraction of sp³-hybridized carbons (Fsp3) is 0.571. The van der Waals surface area contributed by atoms with Crippen LogP contribution in [0.25, 0.3) is 0 Å². The molecule has 0 radical (unpaired) electrons. The minimum Gasteiger partial charge on any atom is -0.299 e. The van der Waals surface area contributed by atoms with Crippen LogP contribution >= 0.6 is 34.8 Å². The largest absolute Gasteiger partial charge is 0.299 e. The molecule has 1 aliphatic heterocycles. The summed E-state index contributed by atoms with van der Waals surface area (Å²) >= 11 is 18.1. The molecule has 2 rings (SSSR count). The second-order valence-corrected chi connectivity index (χ2v) is 6.18. The van der Waals surface area contributed by atoms with E-state index in [1.54, 1.807) is 0 Å². The first-order valence-electron chi connectivity index (χ1n) is 6.41. The van der Waals surface area contributed by atoms with E-state index in [0.29, 0.717) is 0 Å². The van der Waals surface area contributed by atoms with Gasteiger partial charge in [-0.25, -0.2) is 0 Å². The summed E-state index contributed by atoms with van der Waals surface area (Å²) in [6.45, 7) is 3.15. The van der Waals surface area contributed by atoms with E-state index in [1.165, 1.54) is 12.8 Å². The molecule has 1 aromatic rings. The number of piperidine rings is 1. The lowest BCUT2D eigenvalue weighted by molar-refractivity contribution is 0.165. The molecule has 100 valence electrons. The average Bonchev–Trinajstić information content (AvgIpc) is 2.35. The number of halogens is 3. The number of benzene rings is 1. The summed E-state index contributed by atoms with van der Waals surface area (Å²) in [4.78, 5) is 2.46. The van der Waals surface area contributed by atoms with Crippen molar-refractivity contribution < 1.29 is 0 Å². The normalized spacial score (nSPS) is 21.2. The first-order chi connectivity index (χ1) is 8.69. The number of likely N-dealkylation sites (tertiary alicyclic amines) is 1. The van der Waals surface area contributed by atoms with E-state index in [-0.39, 0.29) is 0 Å². The van der Waals surface area contributed by atoms with Crippen LogP contribution in [0.1, 0.15) is 24.8 Å². The van der Waals surface area contributed by atoms with Crippen LogP contribution in [-0.2, 0) is 6.54 Å². The van der Waals surface area contributed by atoms with Crippen LogP contribution in [0.2, 0.25) is 10.0 Å². The number of hydrogen-bond donors (Lipinski definition) is 0. The van der Waals surface area contributed by atoms with Gasteiger partial charge in [0, 0.05) is 29.0 Å². The first-order valence-corrected chi connectivity index (χ1v) is 7.70. The molecule has 4 heteroatoms. The van der Waals surface area contributed by atoms with Gasteiger partial charge in [0.2, 0.25) is 0 Å². The molecule has 0 N–H and O–H groups in total. The summed E-state index contributed by atoms with van der Waals surface area (Å²) < 4.78 is 0. The minimum atomic E-state index is 0.731. The lowest BCUT2D eigenvalue weighted by Crippen LogP contribution is -2.35. The number of alkyl halides is 1. The molecule has 1 fully saturated rings. The molecular formula is C14H18Cl3N. The van der Waals surface area contributed by atoms with E-state index in [0.717, 1.165) is 53.5 Å². The summed E-state index contributed by atoms with van der Waals surface area (Å²) in [5.74, 6) is 1.49. The third kappa shape index (κ3) is 4.03. The van der Waals surface area contributed by atoms with Crippen LogP contribution in [0.4, 0.5) is 0 Å². The Morgan fingerprint density at radius 2 is 2.11 bits per heavy atom. The topological polar surface area (TPSA) is 3.24 Å². The summed E-state index contributed by atoms with van der Waals surface area (Å²) in [7, 11) is 0. The predicted octanol–water partition coefficient (Wildman–Crippen LogP) is 4.83. The summed E-state index contributed by atoms with van der Waals surface area (Å²) in [6, 6.07) is 5.67. The molecule has 1 saturated heterocycles. The fourth-order valence-electron chi connectivity index (χ4n) is 2.59. The lowest BCUT2D eigenvalue weighted by Gasteiger charge is -2.32. The van der Waals surface area contributed by atoms with Gasteiger partial charge in [0.25, 0.3) is 0 Å². The third-order valence-electron chi connectivity index (χ3n) is 3.52. The van der Waals surface area contributed by atoms with Crippen LogP contribution in [0.15, 0.2) is 18.2 Å². The lowest BCUT2D eigenvalue weighted by atomic mass is 9.95. The number of nitrogens with zero attached hydrogens (tertiary/aromatic N) is 1. The van der Waals surface area contributed by atoms with Gasteiger partial charge in [-0.15, -0.1) is 11.6 Å². The quantitative estimate of drug-likeness (QED) is 0.720. The van der Waals surface area contributed by atoms with Crippen LogP contribution in [0.3, 0.4) is 0 Å². The molecule has 0 aromatic heterocycles. The smallest absolute Gasteiger partial charge is 0.0452 e. The van der Waals surface area contributed by atoms with Crippen molar-refractivity contribution in [2.24, 2.45) is 5.92 Å². The van der Waals surface area contributed by atoms with Crippen LogP contribution in [-0.4, -0.2) is 23.9 Å². The monoisotopic (exact) mass is 305 g/mol. The molecule has 1 atom stereocenters. The molecule has 18 heavy (non-hydrogen) atoms. The molecule has 1 heterocycles. The van der Waals surface area contributed by atoms with E-state index in [2.05, 4.69) is 4.90 Å². The van der Waals surface area contributed by atoms with Gasteiger partial charge >= 0.3 is 0 Å². The van der Waals surface area contributed by atoms with Crippen molar-refractivity contribution in [1.82, 2.24) is 4.90 Å². The van der Waals surface area contributed by atoms with Crippen LogP contribution < -0.4 is 0 Å². The standard InChI is InChI=1S/C14H18Cl3N/c15-6-5-11-2-1-7-18(9-11)10-12-8-13(16)3-4-14(12)17/h3-4,8,11H,1-2,5-7,9-10H2. The van der Waals surface area contributed by atoms with E-state index in [4.69, 9.17) is 34.8 Å². The molecule has 0 amide bonds. The van der Waals surface area contributed by atoms with Gasteiger partial charge in [0.15, 0.2) is 0 Å². The highest BCUT2D eigenvalue weighted by Gasteiger charge is 2.20. The Labute approximate surface area is 124 Å². The maximum Gasteiger partial charge on any atom is 0.0452 e. The molecule has 1 aliphatic rings. The summed E-state index contributed by atoms with van der Waals surface area (Å²) in [5, 5.41) is 1.56. The maximum atomic E-state index is 6.21. The molecular weight excluding hydrogens is 289 g/mol. The van der Waals surface area contributed by atoms with Gasteiger partial charge in [-0.2, -0.15) is 0 Å². The van der Waals surface area contributed by atoms with Crippen LogP contribution in [0, 0.1) is 5.92 Å². The predicted molar refractivity (Wildman–Crippen MR) is 79.8 cm³/mol. The van der Waals surface area contributed by atoms with E-state index < -0.39 is 0 Å². The van der Waals surface area contributed by atoms with Crippen molar-refractivity contribution in [1.29, 1.82) is 0 Å². The second kappa shape index (κ2) is 7.00. The Morgan fingerprint density at radius 1 is 1.28 bits per heavy atom. The van der Waals surface area contributed by atoms with E-state index in [1.807, 2.05) is 18.2 Å². The number of rotatable bonds is 4. The van der Waals surface area contributed by atoms with Gasteiger partial charge in [0.05, 0.1) is 0 Å². The molecule has 0 saturated carbocycles. The van der Waals surface area contributed by atoms with Crippen molar-refractivity contribution in [2.75, 3.05) is 19.0 Å². The zero-order valence-corrected chi connectivity index (χ0v) is 12.6. The van der Waals surface area contributed by atoms with Gasteiger partial charge in [0.1, 0.15) is 0 Å². The van der Waals surface area contributed by atoms with Crippen molar-refractivity contribution >= 4 is 34.8 Å². The Balaban J connectivity index is 1.98.